The molecule has 2 saturated heterocycles. The number of carbonyl (C=O) groups excluding carboxylic acids is 1. The number of aromatic nitrogens is 2. The molecule has 1 amide bonds. The number of amides is 1. The molecule has 2 aromatic rings. The van der Waals surface area contributed by atoms with Crippen molar-refractivity contribution in [3.63, 3.8) is 0 Å². The van der Waals surface area contributed by atoms with Gasteiger partial charge in [0.1, 0.15) is 0 Å². The molecule has 3 heterocycles. The Balaban J connectivity index is 1.70. The highest BCUT2D eigenvalue weighted by molar-refractivity contribution is 6.04. The SMILES string of the molecule is CCCN1C2COCC1CC(n1nc(C(N)=O)c3ccccc31)C2. The summed E-state index contributed by atoms with van der Waals surface area (Å²) >= 11 is 0. The average molecular weight is 328 g/mol. The van der Waals surface area contributed by atoms with Crippen molar-refractivity contribution >= 4 is 16.8 Å². The van der Waals surface area contributed by atoms with Gasteiger partial charge in [-0.25, -0.2) is 0 Å². The number of piperidine rings is 1. The smallest absolute Gasteiger partial charge is 0.269 e. The molecule has 0 radical (unpaired) electrons. The molecular formula is C18H24N4O2. The Kier molecular flexibility index (Phi) is 4.02. The molecule has 0 saturated carbocycles. The Morgan fingerprint density at radius 1 is 1.25 bits per heavy atom. The van der Waals surface area contributed by atoms with Crippen LogP contribution in [0.3, 0.4) is 0 Å². The molecule has 24 heavy (non-hydrogen) atoms. The molecule has 1 aromatic carbocycles. The second-order valence-electron chi connectivity index (χ2n) is 6.88. The van der Waals surface area contributed by atoms with E-state index >= 15 is 0 Å². The van der Waals surface area contributed by atoms with E-state index < -0.39 is 5.91 Å². The quantitative estimate of drug-likeness (QED) is 0.931. The van der Waals surface area contributed by atoms with E-state index in [1.54, 1.807) is 0 Å². The molecule has 128 valence electrons. The van der Waals surface area contributed by atoms with Crippen LogP contribution >= 0.6 is 0 Å². The highest BCUT2D eigenvalue weighted by atomic mass is 16.5. The third-order valence-electron chi connectivity index (χ3n) is 5.32. The largest absolute Gasteiger partial charge is 0.378 e. The Morgan fingerprint density at radius 2 is 1.96 bits per heavy atom. The van der Waals surface area contributed by atoms with Crippen molar-refractivity contribution in [1.29, 1.82) is 0 Å². The zero-order valence-electron chi connectivity index (χ0n) is 14.0. The number of fused-ring (bicyclic) bond motifs is 3. The predicted molar refractivity (Wildman–Crippen MR) is 91.9 cm³/mol. The van der Waals surface area contributed by atoms with Crippen LogP contribution in [0.15, 0.2) is 24.3 Å². The molecular weight excluding hydrogens is 304 g/mol. The Labute approximate surface area is 141 Å². The van der Waals surface area contributed by atoms with Crippen LogP contribution in [0.2, 0.25) is 0 Å². The van der Waals surface area contributed by atoms with Gasteiger partial charge in [0.25, 0.3) is 5.91 Å². The van der Waals surface area contributed by atoms with Gasteiger partial charge in [0.05, 0.1) is 24.8 Å². The first-order valence-electron chi connectivity index (χ1n) is 8.79. The van der Waals surface area contributed by atoms with Gasteiger partial charge in [0, 0.05) is 17.5 Å². The molecule has 1 aromatic heterocycles. The summed E-state index contributed by atoms with van der Waals surface area (Å²) in [5.41, 5.74) is 6.91. The number of carbonyl (C=O) groups is 1. The molecule has 0 spiro atoms. The van der Waals surface area contributed by atoms with Crippen LogP contribution in [0.5, 0.6) is 0 Å². The molecule has 2 bridgehead atoms. The molecule has 2 atom stereocenters. The third kappa shape index (κ3) is 2.50. The monoisotopic (exact) mass is 328 g/mol. The zero-order valence-corrected chi connectivity index (χ0v) is 14.0. The highest BCUT2D eigenvalue weighted by Gasteiger charge is 2.40. The number of morpholine rings is 1. The number of nitrogens with zero attached hydrogens (tertiary/aromatic N) is 3. The third-order valence-corrected chi connectivity index (χ3v) is 5.32. The fraction of sp³-hybridized carbons (Fsp3) is 0.556. The maximum absolute atomic E-state index is 11.8. The molecule has 4 rings (SSSR count). The molecule has 2 unspecified atom stereocenters. The van der Waals surface area contributed by atoms with E-state index in [1.165, 1.54) is 0 Å². The summed E-state index contributed by atoms with van der Waals surface area (Å²) in [6.45, 7) is 4.92. The number of hydrogen-bond acceptors (Lipinski definition) is 4. The summed E-state index contributed by atoms with van der Waals surface area (Å²) in [4.78, 5) is 14.4. The molecule has 6 nitrogen and oxygen atoms in total. The minimum atomic E-state index is -0.461. The van der Waals surface area contributed by atoms with Crippen molar-refractivity contribution in [2.75, 3.05) is 19.8 Å². The number of primary amides is 1. The van der Waals surface area contributed by atoms with Crippen molar-refractivity contribution in [1.82, 2.24) is 14.7 Å². The first-order chi connectivity index (χ1) is 11.7. The second-order valence-corrected chi connectivity index (χ2v) is 6.88. The summed E-state index contributed by atoms with van der Waals surface area (Å²) in [7, 11) is 0. The zero-order chi connectivity index (χ0) is 16.7. The number of ether oxygens (including phenoxy) is 1. The Morgan fingerprint density at radius 3 is 2.62 bits per heavy atom. The van der Waals surface area contributed by atoms with Crippen molar-refractivity contribution in [2.24, 2.45) is 5.73 Å². The number of nitrogens with two attached hydrogens (primary N) is 1. The minimum absolute atomic E-state index is 0.287. The standard InChI is InChI=1S/C18H24N4O2/c1-2-7-21-13-8-12(9-14(21)11-24-10-13)22-16-6-4-3-5-15(16)17(20-22)18(19)23/h3-6,12-14H,2,7-11H2,1H3,(H2,19,23). The van der Waals surface area contributed by atoms with Crippen molar-refractivity contribution in [3.8, 4) is 0 Å². The van der Waals surface area contributed by atoms with E-state index in [-0.39, 0.29) is 6.04 Å². The van der Waals surface area contributed by atoms with Gasteiger partial charge in [-0.2, -0.15) is 5.10 Å². The number of benzene rings is 1. The summed E-state index contributed by atoms with van der Waals surface area (Å²) < 4.78 is 7.81. The van der Waals surface area contributed by atoms with Crippen molar-refractivity contribution < 1.29 is 9.53 Å². The lowest BCUT2D eigenvalue weighted by Crippen LogP contribution is -2.57. The van der Waals surface area contributed by atoms with Crippen LogP contribution in [-0.2, 0) is 4.74 Å². The van der Waals surface area contributed by atoms with Gasteiger partial charge in [-0.3, -0.25) is 14.4 Å². The first-order valence-corrected chi connectivity index (χ1v) is 8.79. The van der Waals surface area contributed by atoms with Crippen LogP contribution < -0.4 is 5.73 Å². The van der Waals surface area contributed by atoms with Gasteiger partial charge in [0.2, 0.25) is 0 Å². The normalized spacial score (nSPS) is 27.5. The highest BCUT2D eigenvalue weighted by Crippen LogP contribution is 2.36. The lowest BCUT2D eigenvalue weighted by molar-refractivity contribution is -0.0856. The number of rotatable bonds is 4. The molecule has 6 heteroatoms. The molecule has 2 N–H and O–H groups in total. The number of hydrogen-bond donors (Lipinski definition) is 1. The van der Waals surface area contributed by atoms with Crippen LogP contribution in [0.4, 0.5) is 0 Å². The van der Waals surface area contributed by atoms with Crippen molar-refractivity contribution in [2.45, 2.75) is 44.3 Å². The van der Waals surface area contributed by atoms with E-state index in [4.69, 9.17) is 10.5 Å². The predicted octanol–water partition coefficient (Wildman–Crippen LogP) is 1.95. The van der Waals surface area contributed by atoms with Crippen LogP contribution in [0.1, 0.15) is 42.7 Å². The van der Waals surface area contributed by atoms with Crippen LogP contribution in [0.25, 0.3) is 10.9 Å². The molecule has 0 aliphatic carbocycles. The lowest BCUT2D eigenvalue weighted by atomic mass is 9.90. The van der Waals surface area contributed by atoms with E-state index in [1.807, 2.05) is 28.9 Å². The lowest BCUT2D eigenvalue weighted by Gasteiger charge is -2.48. The van der Waals surface area contributed by atoms with Crippen LogP contribution in [0, 0.1) is 0 Å². The van der Waals surface area contributed by atoms with E-state index in [9.17, 15) is 4.79 Å². The molecule has 2 fully saturated rings. The summed E-state index contributed by atoms with van der Waals surface area (Å²) in [6, 6.07) is 9.02. The van der Waals surface area contributed by atoms with E-state index in [0.717, 1.165) is 49.9 Å². The van der Waals surface area contributed by atoms with Gasteiger partial charge in [-0.15, -0.1) is 0 Å². The molecule has 2 aliphatic rings. The van der Waals surface area contributed by atoms with Gasteiger partial charge in [0.15, 0.2) is 5.69 Å². The average Bonchev–Trinajstić information content (AvgIpc) is 2.95. The van der Waals surface area contributed by atoms with Gasteiger partial charge in [-0.1, -0.05) is 25.1 Å². The maximum atomic E-state index is 11.8. The fourth-order valence-corrected chi connectivity index (χ4v) is 4.33. The summed E-state index contributed by atoms with van der Waals surface area (Å²) in [5, 5.41) is 5.44. The topological polar surface area (TPSA) is 73.4 Å². The van der Waals surface area contributed by atoms with Crippen LogP contribution in [-0.4, -0.2) is 52.4 Å². The van der Waals surface area contributed by atoms with Crippen molar-refractivity contribution in [3.05, 3.63) is 30.0 Å². The fourth-order valence-electron chi connectivity index (χ4n) is 4.33. The molecule has 2 aliphatic heterocycles. The first kappa shape index (κ1) is 15.6. The summed E-state index contributed by atoms with van der Waals surface area (Å²) in [5.74, 6) is -0.461. The minimum Gasteiger partial charge on any atom is -0.378 e. The second kappa shape index (κ2) is 6.18. The van der Waals surface area contributed by atoms with Gasteiger partial charge in [-0.05, 0) is 31.9 Å². The summed E-state index contributed by atoms with van der Waals surface area (Å²) in [6.07, 6.45) is 3.16. The van der Waals surface area contributed by atoms with Gasteiger partial charge >= 0.3 is 0 Å². The van der Waals surface area contributed by atoms with Gasteiger partial charge < -0.3 is 10.5 Å². The Bertz CT molecular complexity index is 743. The maximum Gasteiger partial charge on any atom is 0.269 e. The van der Waals surface area contributed by atoms with E-state index in [2.05, 4.69) is 16.9 Å². The Hall–Kier alpha value is -1.92. The number of para-hydroxylation sites is 1. The van der Waals surface area contributed by atoms with E-state index in [0.29, 0.717) is 17.8 Å².